The minimum absolute atomic E-state index is 0.0211. The lowest BCUT2D eigenvalue weighted by molar-refractivity contribution is 0.144. The lowest BCUT2D eigenvalue weighted by Crippen LogP contribution is -2.42. The molecule has 0 radical (unpaired) electrons. The predicted molar refractivity (Wildman–Crippen MR) is 76.7 cm³/mol. The highest BCUT2D eigenvalue weighted by molar-refractivity contribution is 5.20. The molecule has 0 aliphatic carbocycles. The fourth-order valence-corrected chi connectivity index (χ4v) is 3.18. The zero-order valence-electron chi connectivity index (χ0n) is 11.8. The van der Waals surface area contributed by atoms with Gasteiger partial charge in [-0.25, -0.2) is 4.39 Å². The molecule has 1 N–H and O–H groups in total. The molecule has 1 aliphatic heterocycles. The second-order valence-corrected chi connectivity index (χ2v) is 5.87. The maximum atomic E-state index is 13.9. The van der Waals surface area contributed by atoms with Crippen LogP contribution in [0.5, 0.6) is 0 Å². The molecule has 4 heteroatoms. The molecule has 1 aromatic carbocycles. The van der Waals surface area contributed by atoms with Crippen molar-refractivity contribution in [1.82, 2.24) is 15.1 Å². The number of nitrogens with zero attached hydrogens (tertiary/aromatic N) is 2. The first-order valence-corrected chi connectivity index (χ1v) is 7.14. The molecule has 1 unspecified atom stereocenters. The van der Waals surface area contributed by atoms with Crippen LogP contribution in [-0.4, -0.2) is 27.2 Å². The van der Waals surface area contributed by atoms with Crippen molar-refractivity contribution < 1.29 is 4.39 Å². The van der Waals surface area contributed by atoms with Crippen LogP contribution < -0.4 is 0 Å². The lowest BCUT2D eigenvalue weighted by atomic mass is 9.90. The highest BCUT2D eigenvalue weighted by Gasteiger charge is 2.37. The third kappa shape index (κ3) is 2.61. The second kappa shape index (κ2) is 5.37. The van der Waals surface area contributed by atoms with Crippen molar-refractivity contribution in [2.24, 2.45) is 0 Å². The van der Waals surface area contributed by atoms with E-state index in [2.05, 4.69) is 22.0 Å². The number of halogens is 1. The Balaban J connectivity index is 1.77. The van der Waals surface area contributed by atoms with Crippen LogP contribution in [0, 0.1) is 5.82 Å². The summed E-state index contributed by atoms with van der Waals surface area (Å²) in [5.41, 5.74) is 1.95. The van der Waals surface area contributed by atoms with Gasteiger partial charge >= 0.3 is 0 Å². The van der Waals surface area contributed by atoms with Gasteiger partial charge in [0.15, 0.2) is 0 Å². The van der Waals surface area contributed by atoms with Crippen molar-refractivity contribution in [3.05, 3.63) is 53.6 Å². The first-order valence-electron chi connectivity index (χ1n) is 7.14. The standard InChI is InChI=1S/C16H20FN3/c1-16(11-13-5-2-3-6-15(13)17)8-4-10-20(16)12-14-7-9-18-19-14/h2-3,5-7,9H,4,8,10-12H2,1H3,(H,18,19). The van der Waals surface area contributed by atoms with Crippen LogP contribution in [0.4, 0.5) is 4.39 Å². The molecule has 1 atom stereocenters. The number of benzene rings is 1. The van der Waals surface area contributed by atoms with Crippen molar-refractivity contribution in [1.29, 1.82) is 0 Å². The average Bonchev–Trinajstić information content (AvgIpc) is 3.05. The van der Waals surface area contributed by atoms with Gasteiger partial charge < -0.3 is 0 Å². The first kappa shape index (κ1) is 13.3. The van der Waals surface area contributed by atoms with Crippen molar-refractivity contribution in [3.63, 3.8) is 0 Å². The van der Waals surface area contributed by atoms with E-state index < -0.39 is 0 Å². The van der Waals surface area contributed by atoms with E-state index in [1.165, 1.54) is 6.42 Å². The molecule has 2 heterocycles. The van der Waals surface area contributed by atoms with Crippen molar-refractivity contribution in [2.75, 3.05) is 6.54 Å². The maximum Gasteiger partial charge on any atom is 0.126 e. The fraction of sp³-hybridized carbons (Fsp3) is 0.438. The van der Waals surface area contributed by atoms with Gasteiger partial charge in [-0.3, -0.25) is 10.00 Å². The van der Waals surface area contributed by atoms with E-state index in [9.17, 15) is 4.39 Å². The lowest BCUT2D eigenvalue weighted by Gasteiger charge is -2.35. The summed E-state index contributed by atoms with van der Waals surface area (Å²) in [5, 5.41) is 7.01. The third-order valence-electron chi connectivity index (χ3n) is 4.36. The summed E-state index contributed by atoms with van der Waals surface area (Å²) in [6.07, 6.45) is 4.81. The summed E-state index contributed by atoms with van der Waals surface area (Å²) in [4.78, 5) is 2.44. The van der Waals surface area contributed by atoms with E-state index in [0.29, 0.717) is 0 Å². The number of aromatic nitrogens is 2. The van der Waals surface area contributed by atoms with Crippen LogP contribution in [0.25, 0.3) is 0 Å². The molecular formula is C16H20FN3. The van der Waals surface area contributed by atoms with Gasteiger partial charge in [-0.05, 0) is 50.4 Å². The van der Waals surface area contributed by atoms with Crippen LogP contribution in [0.15, 0.2) is 36.5 Å². The van der Waals surface area contributed by atoms with E-state index in [1.807, 2.05) is 18.2 Å². The monoisotopic (exact) mass is 273 g/mol. The Morgan fingerprint density at radius 3 is 2.95 bits per heavy atom. The number of hydrogen-bond donors (Lipinski definition) is 1. The number of H-pyrrole nitrogens is 1. The minimum Gasteiger partial charge on any atom is -0.292 e. The van der Waals surface area contributed by atoms with Crippen molar-refractivity contribution in [3.8, 4) is 0 Å². The number of nitrogens with one attached hydrogen (secondary N) is 1. The molecule has 1 fully saturated rings. The molecular weight excluding hydrogens is 253 g/mol. The molecule has 0 bridgehead atoms. The minimum atomic E-state index is -0.0953. The summed E-state index contributed by atoms with van der Waals surface area (Å²) in [6, 6.07) is 9.11. The molecule has 1 saturated heterocycles. The quantitative estimate of drug-likeness (QED) is 0.928. The molecule has 3 nitrogen and oxygen atoms in total. The van der Waals surface area contributed by atoms with E-state index in [1.54, 1.807) is 18.3 Å². The zero-order chi connectivity index (χ0) is 14.0. The third-order valence-corrected chi connectivity index (χ3v) is 4.36. The molecule has 1 aliphatic rings. The van der Waals surface area contributed by atoms with Gasteiger partial charge in [0.05, 0.1) is 0 Å². The predicted octanol–water partition coefficient (Wildman–Crippen LogP) is 3.15. The number of hydrogen-bond acceptors (Lipinski definition) is 2. The van der Waals surface area contributed by atoms with E-state index in [4.69, 9.17) is 0 Å². The molecule has 0 amide bonds. The Labute approximate surface area is 118 Å². The van der Waals surface area contributed by atoms with Crippen LogP contribution in [0.3, 0.4) is 0 Å². The average molecular weight is 273 g/mol. The van der Waals surface area contributed by atoms with Crippen molar-refractivity contribution >= 4 is 0 Å². The highest BCUT2D eigenvalue weighted by atomic mass is 19.1. The summed E-state index contributed by atoms with van der Waals surface area (Å²) in [6.45, 7) is 4.15. The molecule has 2 aromatic rings. The van der Waals surface area contributed by atoms with E-state index in [-0.39, 0.29) is 11.4 Å². The Bertz CT molecular complexity index is 567. The summed E-state index contributed by atoms with van der Waals surface area (Å²) in [5.74, 6) is -0.0953. The maximum absolute atomic E-state index is 13.9. The number of likely N-dealkylation sites (tertiary alicyclic amines) is 1. The van der Waals surface area contributed by atoms with E-state index >= 15 is 0 Å². The van der Waals surface area contributed by atoms with Crippen LogP contribution in [0.1, 0.15) is 31.0 Å². The van der Waals surface area contributed by atoms with Gasteiger partial charge in [0.25, 0.3) is 0 Å². The molecule has 1 aromatic heterocycles. The van der Waals surface area contributed by atoms with Crippen LogP contribution in [0.2, 0.25) is 0 Å². The molecule has 3 rings (SSSR count). The van der Waals surface area contributed by atoms with Gasteiger partial charge in [0, 0.05) is 24.0 Å². The number of aromatic amines is 1. The second-order valence-electron chi connectivity index (χ2n) is 5.87. The van der Waals surface area contributed by atoms with Crippen LogP contribution >= 0.6 is 0 Å². The fourth-order valence-electron chi connectivity index (χ4n) is 3.18. The Hall–Kier alpha value is -1.68. The summed E-state index contributed by atoms with van der Waals surface area (Å²) >= 11 is 0. The molecule has 106 valence electrons. The van der Waals surface area contributed by atoms with Gasteiger partial charge in [0.2, 0.25) is 0 Å². The van der Waals surface area contributed by atoms with Crippen molar-refractivity contribution in [2.45, 2.75) is 38.3 Å². The smallest absolute Gasteiger partial charge is 0.126 e. The SMILES string of the molecule is CC1(Cc2ccccc2F)CCCN1Cc1ccn[nH]1. The molecule has 0 spiro atoms. The van der Waals surface area contributed by atoms with Gasteiger partial charge in [0.1, 0.15) is 5.82 Å². The first-order chi connectivity index (χ1) is 9.67. The normalized spacial score (nSPS) is 23.3. The Morgan fingerprint density at radius 1 is 1.35 bits per heavy atom. The largest absolute Gasteiger partial charge is 0.292 e. The zero-order valence-corrected chi connectivity index (χ0v) is 11.8. The Morgan fingerprint density at radius 2 is 2.20 bits per heavy atom. The van der Waals surface area contributed by atoms with Gasteiger partial charge in [-0.1, -0.05) is 18.2 Å². The topological polar surface area (TPSA) is 31.9 Å². The van der Waals surface area contributed by atoms with Gasteiger partial charge in [-0.15, -0.1) is 0 Å². The Kier molecular flexibility index (Phi) is 3.57. The van der Waals surface area contributed by atoms with E-state index in [0.717, 1.165) is 37.2 Å². The molecule has 0 saturated carbocycles. The summed E-state index contributed by atoms with van der Waals surface area (Å²) in [7, 11) is 0. The highest BCUT2D eigenvalue weighted by Crippen LogP contribution is 2.33. The van der Waals surface area contributed by atoms with Crippen LogP contribution in [-0.2, 0) is 13.0 Å². The van der Waals surface area contributed by atoms with Gasteiger partial charge in [-0.2, -0.15) is 5.10 Å². The summed E-state index contributed by atoms with van der Waals surface area (Å²) < 4.78 is 13.9. The molecule has 20 heavy (non-hydrogen) atoms. The number of rotatable bonds is 4.